The van der Waals surface area contributed by atoms with Crippen molar-refractivity contribution < 1.29 is 14.7 Å². The zero-order valence-electron chi connectivity index (χ0n) is 12.4. The predicted octanol–water partition coefficient (Wildman–Crippen LogP) is 3.00. The van der Waals surface area contributed by atoms with E-state index in [4.69, 9.17) is 5.11 Å². The van der Waals surface area contributed by atoms with E-state index in [1.165, 1.54) is 23.1 Å². The highest BCUT2D eigenvalue weighted by molar-refractivity contribution is 8.01. The van der Waals surface area contributed by atoms with Gasteiger partial charge in [0.25, 0.3) is 0 Å². The van der Waals surface area contributed by atoms with Gasteiger partial charge in [0.2, 0.25) is 5.91 Å². The Kier molecular flexibility index (Phi) is 5.79. The third kappa shape index (κ3) is 4.71. The minimum absolute atomic E-state index is 0.168. The summed E-state index contributed by atoms with van der Waals surface area (Å²) in [6.07, 6.45) is 0.423. The highest BCUT2D eigenvalue weighted by atomic mass is 32.2. The molecule has 0 spiro atoms. The van der Waals surface area contributed by atoms with Crippen LogP contribution in [0.25, 0.3) is 10.2 Å². The van der Waals surface area contributed by atoms with E-state index in [-0.39, 0.29) is 17.6 Å². The molecule has 0 aliphatic carbocycles. The van der Waals surface area contributed by atoms with Crippen molar-refractivity contribution in [2.24, 2.45) is 5.92 Å². The number of fused-ring (bicyclic) bond motifs is 1. The number of hydrogen-bond acceptors (Lipinski definition) is 5. The number of rotatable bonds is 7. The van der Waals surface area contributed by atoms with E-state index in [0.717, 1.165) is 14.6 Å². The maximum Gasteiger partial charge on any atom is 0.326 e. The van der Waals surface area contributed by atoms with Gasteiger partial charge in [-0.05, 0) is 24.5 Å². The van der Waals surface area contributed by atoms with Gasteiger partial charge in [0.1, 0.15) is 6.04 Å². The Morgan fingerprint density at radius 3 is 2.73 bits per heavy atom. The first-order valence-electron chi connectivity index (χ1n) is 6.96. The number of thiazole rings is 1. The van der Waals surface area contributed by atoms with Crippen LogP contribution in [0.1, 0.15) is 20.3 Å². The molecule has 1 heterocycles. The number of nitrogens with one attached hydrogen (secondary N) is 1. The second-order valence-corrected chi connectivity index (χ2v) is 7.58. The van der Waals surface area contributed by atoms with Gasteiger partial charge < -0.3 is 10.4 Å². The number of aliphatic carboxylic acids is 1. The minimum Gasteiger partial charge on any atom is -0.480 e. The van der Waals surface area contributed by atoms with Gasteiger partial charge in [-0.3, -0.25) is 4.79 Å². The zero-order chi connectivity index (χ0) is 16.1. The van der Waals surface area contributed by atoms with E-state index in [1.54, 1.807) is 0 Å². The van der Waals surface area contributed by atoms with Crippen LogP contribution in [-0.2, 0) is 9.59 Å². The van der Waals surface area contributed by atoms with Crippen LogP contribution in [0, 0.1) is 5.92 Å². The number of thioether (sulfide) groups is 1. The van der Waals surface area contributed by atoms with E-state index in [0.29, 0.717) is 6.42 Å². The third-order valence-electron chi connectivity index (χ3n) is 2.94. The first-order chi connectivity index (χ1) is 10.5. The number of nitrogens with zero attached hydrogens (tertiary/aromatic N) is 1. The highest BCUT2D eigenvalue weighted by Gasteiger charge is 2.21. The summed E-state index contributed by atoms with van der Waals surface area (Å²) in [5, 5.41) is 11.7. The van der Waals surface area contributed by atoms with Crippen LogP contribution in [0.5, 0.6) is 0 Å². The lowest BCUT2D eigenvalue weighted by atomic mass is 10.0. The van der Waals surface area contributed by atoms with Crippen LogP contribution >= 0.6 is 23.1 Å². The van der Waals surface area contributed by atoms with E-state index in [2.05, 4.69) is 10.3 Å². The minimum atomic E-state index is -0.993. The first kappa shape index (κ1) is 16.8. The first-order valence-corrected chi connectivity index (χ1v) is 8.76. The van der Waals surface area contributed by atoms with E-state index >= 15 is 0 Å². The maximum atomic E-state index is 11.9. The lowest BCUT2D eigenvalue weighted by Gasteiger charge is -2.16. The average molecular weight is 338 g/mol. The normalized spacial score (nSPS) is 12.5. The number of carboxylic acids is 1. The standard InChI is InChI=1S/C15H18N2O3S2/c1-9(2)7-11(14(19)20)16-13(18)8-21-15-17-10-5-3-4-6-12(10)22-15/h3-6,9,11H,7-8H2,1-2H3,(H,16,18)(H,19,20). The molecule has 5 nitrogen and oxygen atoms in total. The molecule has 1 aromatic heterocycles. The van der Waals surface area contributed by atoms with Gasteiger partial charge in [-0.1, -0.05) is 37.7 Å². The molecular weight excluding hydrogens is 320 g/mol. The van der Waals surface area contributed by atoms with Crippen LogP contribution in [0.4, 0.5) is 0 Å². The number of carbonyl (C=O) groups excluding carboxylic acids is 1. The fraction of sp³-hybridized carbons (Fsp3) is 0.400. The van der Waals surface area contributed by atoms with Crippen molar-refractivity contribution in [2.75, 3.05) is 5.75 Å². The Morgan fingerprint density at radius 2 is 2.09 bits per heavy atom. The molecule has 2 rings (SSSR count). The number of aromatic nitrogens is 1. The van der Waals surface area contributed by atoms with Gasteiger partial charge >= 0.3 is 5.97 Å². The summed E-state index contributed by atoms with van der Waals surface area (Å²) in [6.45, 7) is 3.86. The van der Waals surface area contributed by atoms with Crippen molar-refractivity contribution in [1.82, 2.24) is 10.3 Å². The van der Waals surface area contributed by atoms with Gasteiger partial charge in [-0.25, -0.2) is 9.78 Å². The summed E-state index contributed by atoms with van der Waals surface area (Å²) in [5.74, 6) is -0.899. The van der Waals surface area contributed by atoms with Crippen LogP contribution in [0.2, 0.25) is 0 Å². The second kappa shape index (κ2) is 7.60. The molecular formula is C15H18N2O3S2. The number of carboxylic acid groups (broad SMARTS) is 1. The molecule has 22 heavy (non-hydrogen) atoms. The molecule has 1 unspecified atom stereocenters. The fourth-order valence-corrected chi connectivity index (χ4v) is 3.85. The van der Waals surface area contributed by atoms with Gasteiger partial charge in [-0.2, -0.15) is 0 Å². The number of amides is 1. The summed E-state index contributed by atoms with van der Waals surface area (Å²) >= 11 is 2.86. The fourth-order valence-electron chi connectivity index (χ4n) is 1.97. The monoisotopic (exact) mass is 338 g/mol. The molecule has 0 saturated heterocycles. The zero-order valence-corrected chi connectivity index (χ0v) is 14.0. The molecule has 1 amide bonds. The summed E-state index contributed by atoms with van der Waals surface area (Å²) in [7, 11) is 0. The Balaban J connectivity index is 1.90. The molecule has 0 fully saturated rings. The lowest BCUT2D eigenvalue weighted by Crippen LogP contribution is -2.42. The van der Waals surface area contributed by atoms with Gasteiger partial charge in [0.15, 0.2) is 4.34 Å². The molecule has 1 aromatic carbocycles. The Labute approximate surface area is 137 Å². The molecule has 2 N–H and O–H groups in total. The summed E-state index contributed by atoms with van der Waals surface area (Å²) in [5.41, 5.74) is 0.915. The summed E-state index contributed by atoms with van der Waals surface area (Å²) in [6, 6.07) is 6.96. The van der Waals surface area contributed by atoms with Crippen LogP contribution in [0.3, 0.4) is 0 Å². The molecule has 2 aromatic rings. The van der Waals surface area contributed by atoms with Gasteiger partial charge in [0.05, 0.1) is 16.0 Å². The van der Waals surface area contributed by atoms with Crippen molar-refractivity contribution in [2.45, 2.75) is 30.6 Å². The predicted molar refractivity (Wildman–Crippen MR) is 89.4 cm³/mol. The summed E-state index contributed by atoms with van der Waals surface area (Å²) in [4.78, 5) is 27.5. The molecule has 0 radical (unpaired) electrons. The topological polar surface area (TPSA) is 79.3 Å². The number of hydrogen-bond donors (Lipinski definition) is 2. The van der Waals surface area contributed by atoms with Crippen molar-refractivity contribution in [3.8, 4) is 0 Å². The molecule has 0 saturated carbocycles. The van der Waals surface area contributed by atoms with E-state index in [9.17, 15) is 9.59 Å². The third-order valence-corrected chi connectivity index (χ3v) is 5.12. The van der Waals surface area contributed by atoms with Crippen molar-refractivity contribution in [3.05, 3.63) is 24.3 Å². The van der Waals surface area contributed by atoms with Gasteiger partial charge in [-0.15, -0.1) is 11.3 Å². The van der Waals surface area contributed by atoms with Crippen LogP contribution < -0.4 is 5.32 Å². The summed E-state index contributed by atoms with van der Waals surface area (Å²) < 4.78 is 1.89. The van der Waals surface area contributed by atoms with E-state index < -0.39 is 12.0 Å². The van der Waals surface area contributed by atoms with Crippen molar-refractivity contribution in [3.63, 3.8) is 0 Å². The lowest BCUT2D eigenvalue weighted by molar-refractivity contribution is -0.141. The SMILES string of the molecule is CC(C)CC(NC(=O)CSc1nc2ccccc2s1)C(=O)O. The molecule has 7 heteroatoms. The Bertz CT molecular complexity index is 637. The smallest absolute Gasteiger partial charge is 0.326 e. The van der Waals surface area contributed by atoms with Crippen LogP contribution in [-0.4, -0.2) is 33.8 Å². The van der Waals surface area contributed by atoms with Crippen molar-refractivity contribution >= 4 is 45.2 Å². The molecule has 1 atom stereocenters. The largest absolute Gasteiger partial charge is 0.480 e. The van der Waals surface area contributed by atoms with Gasteiger partial charge in [0, 0.05) is 0 Å². The maximum absolute atomic E-state index is 11.9. The molecule has 0 aliphatic heterocycles. The molecule has 0 aliphatic rings. The Morgan fingerprint density at radius 1 is 1.36 bits per heavy atom. The highest BCUT2D eigenvalue weighted by Crippen LogP contribution is 2.29. The van der Waals surface area contributed by atoms with Crippen molar-refractivity contribution in [1.29, 1.82) is 0 Å². The number of benzene rings is 1. The average Bonchev–Trinajstić information content (AvgIpc) is 2.86. The van der Waals surface area contributed by atoms with E-state index in [1.807, 2.05) is 38.1 Å². The second-order valence-electron chi connectivity index (χ2n) is 5.32. The molecule has 118 valence electrons. The van der Waals surface area contributed by atoms with Crippen LogP contribution in [0.15, 0.2) is 28.6 Å². The molecule has 0 bridgehead atoms. The number of para-hydroxylation sites is 1. The number of carbonyl (C=O) groups is 2. The quantitative estimate of drug-likeness (QED) is 0.759. The Hall–Kier alpha value is -1.60.